The quantitative estimate of drug-likeness (QED) is 0.848. The van der Waals surface area contributed by atoms with Gasteiger partial charge in [0.2, 0.25) is 0 Å². The highest BCUT2D eigenvalue weighted by molar-refractivity contribution is 5.92. The molecular formula is C19H22N2O3. The number of para-hydroxylation sites is 1. The summed E-state index contributed by atoms with van der Waals surface area (Å²) >= 11 is 0. The van der Waals surface area contributed by atoms with Gasteiger partial charge in [-0.2, -0.15) is 0 Å². The Morgan fingerprint density at radius 2 is 1.75 bits per heavy atom. The van der Waals surface area contributed by atoms with Crippen LogP contribution in [-0.2, 0) is 6.54 Å². The van der Waals surface area contributed by atoms with Crippen LogP contribution < -0.4 is 10.2 Å². The van der Waals surface area contributed by atoms with Crippen molar-refractivity contribution in [3.63, 3.8) is 0 Å². The second-order valence-electron chi connectivity index (χ2n) is 5.60. The lowest BCUT2D eigenvalue weighted by Gasteiger charge is -2.24. The number of urea groups is 1. The zero-order valence-corrected chi connectivity index (χ0v) is 14.0. The Bertz CT molecular complexity index is 711. The molecule has 0 aliphatic heterocycles. The van der Waals surface area contributed by atoms with Crippen LogP contribution in [-0.4, -0.2) is 23.7 Å². The van der Waals surface area contributed by atoms with Gasteiger partial charge in [0.15, 0.2) is 0 Å². The molecule has 0 bridgehead atoms. The van der Waals surface area contributed by atoms with Crippen molar-refractivity contribution >= 4 is 17.7 Å². The van der Waals surface area contributed by atoms with Crippen molar-refractivity contribution in [1.29, 1.82) is 0 Å². The van der Waals surface area contributed by atoms with E-state index in [4.69, 9.17) is 5.11 Å². The van der Waals surface area contributed by atoms with Crippen LogP contribution in [0.5, 0.6) is 0 Å². The molecule has 2 aromatic rings. The Labute approximate surface area is 141 Å². The molecule has 0 radical (unpaired) electrons. The topological polar surface area (TPSA) is 69.6 Å². The molecule has 126 valence electrons. The molecule has 0 atom stereocenters. The minimum atomic E-state index is -0.959. The molecule has 5 nitrogen and oxygen atoms in total. The summed E-state index contributed by atoms with van der Waals surface area (Å²) in [5.74, 6) is -0.959. The number of amides is 2. The Kier molecular flexibility index (Phi) is 5.95. The highest BCUT2D eigenvalue weighted by atomic mass is 16.4. The Morgan fingerprint density at radius 1 is 1.08 bits per heavy atom. The molecule has 0 aliphatic carbocycles. The van der Waals surface area contributed by atoms with Crippen LogP contribution in [0.2, 0.25) is 0 Å². The second kappa shape index (κ2) is 8.15. The van der Waals surface area contributed by atoms with E-state index in [1.807, 2.05) is 38.1 Å². The number of hydrogen-bond acceptors (Lipinski definition) is 2. The van der Waals surface area contributed by atoms with E-state index in [1.165, 1.54) is 12.1 Å². The lowest BCUT2D eigenvalue weighted by molar-refractivity contribution is 0.0697. The number of rotatable bonds is 6. The van der Waals surface area contributed by atoms with Crippen molar-refractivity contribution in [1.82, 2.24) is 5.32 Å². The Hall–Kier alpha value is -2.82. The highest BCUT2D eigenvalue weighted by Gasteiger charge is 2.16. The molecule has 0 aliphatic rings. The first-order valence-electron chi connectivity index (χ1n) is 7.96. The minimum Gasteiger partial charge on any atom is -0.478 e. The van der Waals surface area contributed by atoms with Crippen molar-refractivity contribution < 1.29 is 14.7 Å². The van der Waals surface area contributed by atoms with Crippen molar-refractivity contribution in [2.24, 2.45) is 0 Å². The molecule has 0 unspecified atom stereocenters. The number of anilines is 1. The fourth-order valence-electron chi connectivity index (χ4n) is 2.46. The number of carbonyl (C=O) groups is 2. The van der Waals surface area contributed by atoms with Crippen LogP contribution in [0.3, 0.4) is 0 Å². The van der Waals surface area contributed by atoms with Gasteiger partial charge in [0.1, 0.15) is 0 Å². The van der Waals surface area contributed by atoms with Crippen LogP contribution in [0.1, 0.15) is 34.8 Å². The largest absolute Gasteiger partial charge is 0.478 e. The molecule has 24 heavy (non-hydrogen) atoms. The number of benzene rings is 2. The number of aromatic carboxylic acids is 1. The summed E-state index contributed by atoms with van der Waals surface area (Å²) in [7, 11) is 0. The fourth-order valence-corrected chi connectivity index (χ4v) is 2.46. The van der Waals surface area contributed by atoms with Gasteiger partial charge in [-0.3, -0.25) is 4.90 Å². The summed E-state index contributed by atoms with van der Waals surface area (Å²) in [4.78, 5) is 25.1. The van der Waals surface area contributed by atoms with Gasteiger partial charge >= 0.3 is 12.0 Å². The predicted molar refractivity (Wildman–Crippen MR) is 94.5 cm³/mol. The van der Waals surface area contributed by atoms with Gasteiger partial charge in [-0.25, -0.2) is 9.59 Å². The van der Waals surface area contributed by atoms with Crippen LogP contribution in [0.4, 0.5) is 10.5 Å². The molecule has 0 heterocycles. The third-order valence-corrected chi connectivity index (χ3v) is 3.74. The van der Waals surface area contributed by atoms with E-state index in [9.17, 15) is 9.59 Å². The molecule has 0 fully saturated rings. The normalized spacial score (nSPS) is 10.2. The smallest absolute Gasteiger partial charge is 0.335 e. The van der Waals surface area contributed by atoms with Gasteiger partial charge in [-0.05, 0) is 42.7 Å². The SMILES string of the molecule is CCCN(C(=O)NCc1ccc(C(=O)O)cc1)c1ccccc1C. The van der Waals surface area contributed by atoms with Crippen molar-refractivity contribution in [2.45, 2.75) is 26.8 Å². The zero-order valence-electron chi connectivity index (χ0n) is 14.0. The number of carboxylic acids is 1. The molecule has 2 aromatic carbocycles. The van der Waals surface area contributed by atoms with E-state index in [0.29, 0.717) is 13.1 Å². The van der Waals surface area contributed by atoms with Crippen LogP contribution in [0, 0.1) is 6.92 Å². The van der Waals surface area contributed by atoms with Gasteiger partial charge in [0.25, 0.3) is 0 Å². The first kappa shape index (κ1) is 17.5. The minimum absolute atomic E-state index is 0.159. The lowest BCUT2D eigenvalue weighted by Crippen LogP contribution is -2.40. The average molecular weight is 326 g/mol. The standard InChI is InChI=1S/C19H22N2O3/c1-3-12-21(17-7-5-4-6-14(17)2)19(24)20-13-15-8-10-16(11-9-15)18(22)23/h4-11H,3,12-13H2,1-2H3,(H,20,24)(H,22,23). The first-order chi connectivity index (χ1) is 11.5. The molecular weight excluding hydrogens is 304 g/mol. The summed E-state index contributed by atoms with van der Waals surface area (Å²) in [6.07, 6.45) is 0.856. The summed E-state index contributed by atoms with van der Waals surface area (Å²) in [6.45, 7) is 5.00. The monoisotopic (exact) mass is 326 g/mol. The summed E-state index contributed by atoms with van der Waals surface area (Å²) in [6, 6.07) is 14.1. The third-order valence-electron chi connectivity index (χ3n) is 3.74. The van der Waals surface area contributed by atoms with E-state index < -0.39 is 5.97 Å². The van der Waals surface area contributed by atoms with Gasteiger partial charge in [0.05, 0.1) is 5.56 Å². The average Bonchev–Trinajstić information content (AvgIpc) is 2.58. The molecule has 5 heteroatoms. The third kappa shape index (κ3) is 4.35. The van der Waals surface area contributed by atoms with Crippen molar-refractivity contribution in [3.05, 3.63) is 65.2 Å². The highest BCUT2D eigenvalue weighted by Crippen LogP contribution is 2.20. The molecule has 0 aromatic heterocycles. The number of nitrogens with one attached hydrogen (secondary N) is 1. The maximum atomic E-state index is 12.6. The van der Waals surface area contributed by atoms with E-state index in [2.05, 4.69) is 5.32 Å². The Balaban J connectivity index is 2.05. The number of hydrogen-bond donors (Lipinski definition) is 2. The second-order valence-corrected chi connectivity index (χ2v) is 5.60. The summed E-state index contributed by atoms with van der Waals surface area (Å²) in [5.41, 5.74) is 3.04. The van der Waals surface area contributed by atoms with E-state index in [0.717, 1.165) is 23.2 Å². The van der Waals surface area contributed by atoms with Crippen LogP contribution >= 0.6 is 0 Å². The number of carbonyl (C=O) groups excluding carboxylic acids is 1. The van der Waals surface area contributed by atoms with E-state index in [-0.39, 0.29) is 11.6 Å². The summed E-state index contributed by atoms with van der Waals surface area (Å²) in [5, 5.41) is 11.8. The molecule has 2 rings (SSSR count). The maximum absolute atomic E-state index is 12.6. The zero-order chi connectivity index (χ0) is 17.5. The van der Waals surface area contributed by atoms with Crippen LogP contribution in [0.15, 0.2) is 48.5 Å². The number of nitrogens with zero attached hydrogens (tertiary/aromatic N) is 1. The first-order valence-corrected chi connectivity index (χ1v) is 7.96. The van der Waals surface area contributed by atoms with Crippen LogP contribution in [0.25, 0.3) is 0 Å². The van der Waals surface area contributed by atoms with E-state index >= 15 is 0 Å². The number of carboxylic acid groups (broad SMARTS) is 1. The van der Waals surface area contributed by atoms with Gasteiger partial charge in [-0.15, -0.1) is 0 Å². The van der Waals surface area contributed by atoms with Crippen molar-refractivity contribution in [3.8, 4) is 0 Å². The van der Waals surface area contributed by atoms with Gasteiger partial charge < -0.3 is 10.4 Å². The van der Waals surface area contributed by atoms with Crippen molar-refractivity contribution in [2.75, 3.05) is 11.4 Å². The lowest BCUT2D eigenvalue weighted by atomic mass is 10.1. The number of aryl methyl sites for hydroxylation is 1. The molecule has 0 spiro atoms. The molecule has 2 amide bonds. The fraction of sp³-hybridized carbons (Fsp3) is 0.263. The maximum Gasteiger partial charge on any atom is 0.335 e. The summed E-state index contributed by atoms with van der Waals surface area (Å²) < 4.78 is 0. The van der Waals surface area contributed by atoms with Gasteiger partial charge in [-0.1, -0.05) is 37.3 Å². The molecule has 2 N–H and O–H groups in total. The Morgan fingerprint density at radius 3 is 2.33 bits per heavy atom. The molecule has 0 saturated heterocycles. The molecule has 0 saturated carbocycles. The predicted octanol–water partition coefficient (Wildman–Crippen LogP) is 3.82. The van der Waals surface area contributed by atoms with E-state index in [1.54, 1.807) is 17.0 Å². The van der Waals surface area contributed by atoms with Gasteiger partial charge in [0, 0.05) is 18.8 Å².